The van der Waals surface area contributed by atoms with Gasteiger partial charge in [0.1, 0.15) is 11.5 Å². The number of aromatic hydroxyl groups is 1. The number of benzene rings is 1. The minimum absolute atomic E-state index is 0.118. The van der Waals surface area contributed by atoms with Gasteiger partial charge in [0.05, 0.1) is 0 Å². The first-order valence-electron chi connectivity index (χ1n) is 2.96. The fourth-order valence-electron chi connectivity index (χ4n) is 0.637. The van der Waals surface area contributed by atoms with Crippen LogP contribution in [-0.4, -0.2) is 10.8 Å². The van der Waals surface area contributed by atoms with Gasteiger partial charge in [-0.2, -0.15) is 4.39 Å². The zero-order chi connectivity index (χ0) is 8.27. The van der Waals surface area contributed by atoms with Gasteiger partial charge >= 0.3 is 0 Å². The minimum atomic E-state index is -1.63. The van der Waals surface area contributed by atoms with Crippen LogP contribution in [0.4, 0.5) is 4.39 Å². The number of ether oxygens (including phenoxy) is 1. The van der Waals surface area contributed by atoms with Crippen molar-refractivity contribution in [1.82, 2.24) is 0 Å². The molecule has 11 heavy (non-hydrogen) atoms. The van der Waals surface area contributed by atoms with E-state index in [0.717, 1.165) is 0 Å². The summed E-state index contributed by atoms with van der Waals surface area (Å²) in [5, 5.41) is 8.82. The molecule has 1 aromatic carbocycles. The zero-order valence-corrected chi connectivity index (χ0v) is 6.46. The fraction of sp³-hybridized carbons (Fsp3) is 0.143. The number of rotatable bonds is 2. The van der Waals surface area contributed by atoms with E-state index < -0.39 is 5.69 Å². The Kier molecular flexibility index (Phi) is 2.59. The first-order valence-corrected chi connectivity index (χ1v) is 3.48. The molecule has 1 N–H and O–H groups in total. The summed E-state index contributed by atoms with van der Waals surface area (Å²) in [6.45, 7) is 0. The second-order valence-electron chi connectivity index (χ2n) is 1.90. The van der Waals surface area contributed by atoms with Gasteiger partial charge in [0.15, 0.2) is 0 Å². The molecule has 2 nitrogen and oxygen atoms in total. The Hall–Kier alpha value is -0.900. The first kappa shape index (κ1) is 8.20. The van der Waals surface area contributed by atoms with Gasteiger partial charge in [0.25, 0.3) is 5.69 Å². The van der Waals surface area contributed by atoms with Crippen molar-refractivity contribution in [3.63, 3.8) is 0 Å². The molecule has 0 aliphatic heterocycles. The summed E-state index contributed by atoms with van der Waals surface area (Å²) in [5.74, 6) is 0.456. The maximum atomic E-state index is 12.1. The molecule has 1 rings (SSSR count). The molecule has 4 heteroatoms. The highest BCUT2D eigenvalue weighted by atomic mass is 32.1. The van der Waals surface area contributed by atoms with Crippen LogP contribution >= 0.6 is 12.6 Å². The Morgan fingerprint density at radius 3 is 2.36 bits per heavy atom. The van der Waals surface area contributed by atoms with E-state index in [1.54, 1.807) is 0 Å². The number of phenolic OH excluding ortho intramolecular Hbond substituents is 1. The Bertz CT molecular complexity index is 222. The van der Waals surface area contributed by atoms with Crippen molar-refractivity contribution in [1.29, 1.82) is 0 Å². The second kappa shape index (κ2) is 3.48. The molecule has 1 unspecified atom stereocenters. The van der Waals surface area contributed by atoms with Crippen molar-refractivity contribution in [3.8, 4) is 11.5 Å². The lowest BCUT2D eigenvalue weighted by Gasteiger charge is -2.04. The van der Waals surface area contributed by atoms with Crippen molar-refractivity contribution in [2.24, 2.45) is 0 Å². The molecule has 0 spiro atoms. The highest BCUT2D eigenvalue weighted by molar-refractivity contribution is 7.80. The van der Waals surface area contributed by atoms with E-state index in [9.17, 15) is 4.39 Å². The molecular weight excluding hydrogens is 167 g/mol. The van der Waals surface area contributed by atoms with E-state index in [0.29, 0.717) is 5.75 Å². The summed E-state index contributed by atoms with van der Waals surface area (Å²) >= 11 is 3.38. The number of hydrogen-bond acceptors (Lipinski definition) is 3. The molecule has 60 valence electrons. The van der Waals surface area contributed by atoms with Gasteiger partial charge in [-0.1, -0.05) is 0 Å². The van der Waals surface area contributed by atoms with E-state index in [1.165, 1.54) is 24.3 Å². The average molecular weight is 174 g/mol. The van der Waals surface area contributed by atoms with Gasteiger partial charge in [-0.05, 0) is 24.3 Å². The summed E-state index contributed by atoms with van der Waals surface area (Å²) < 4.78 is 16.6. The van der Waals surface area contributed by atoms with E-state index in [2.05, 4.69) is 17.4 Å². The highest BCUT2D eigenvalue weighted by Gasteiger charge is 1.99. The lowest BCUT2D eigenvalue weighted by Crippen LogP contribution is -1.99. The smallest absolute Gasteiger partial charge is 0.283 e. The van der Waals surface area contributed by atoms with Crippen molar-refractivity contribution in [2.75, 3.05) is 0 Å². The zero-order valence-electron chi connectivity index (χ0n) is 5.57. The quantitative estimate of drug-likeness (QED) is 0.530. The number of halogens is 1. The minimum Gasteiger partial charge on any atom is -0.508 e. The molecular formula is C7H7FO2S. The van der Waals surface area contributed by atoms with Crippen LogP contribution in [0.15, 0.2) is 24.3 Å². The van der Waals surface area contributed by atoms with Gasteiger partial charge in [0, 0.05) is 0 Å². The highest BCUT2D eigenvalue weighted by Crippen LogP contribution is 2.17. The SMILES string of the molecule is Oc1ccc(OC(F)S)cc1. The van der Waals surface area contributed by atoms with Crippen LogP contribution in [0.3, 0.4) is 0 Å². The van der Waals surface area contributed by atoms with Gasteiger partial charge in [-0.3, -0.25) is 0 Å². The number of phenols is 1. The van der Waals surface area contributed by atoms with Gasteiger partial charge in [-0.25, -0.2) is 0 Å². The van der Waals surface area contributed by atoms with Crippen molar-refractivity contribution >= 4 is 12.6 Å². The average Bonchev–Trinajstić information content (AvgIpc) is 1.93. The van der Waals surface area contributed by atoms with Gasteiger partial charge < -0.3 is 9.84 Å². The molecule has 0 fully saturated rings. The van der Waals surface area contributed by atoms with Crippen LogP contribution < -0.4 is 4.74 Å². The number of thiol groups is 1. The first-order chi connectivity index (χ1) is 5.18. The molecule has 0 saturated carbocycles. The third kappa shape index (κ3) is 2.67. The maximum Gasteiger partial charge on any atom is 0.283 e. The van der Waals surface area contributed by atoms with Crippen LogP contribution in [0.5, 0.6) is 11.5 Å². The molecule has 0 aliphatic rings. The summed E-state index contributed by atoms with van der Waals surface area (Å²) in [6, 6.07) is 5.73. The Morgan fingerprint density at radius 2 is 1.91 bits per heavy atom. The monoisotopic (exact) mass is 174 g/mol. The number of hydrogen-bond donors (Lipinski definition) is 2. The normalized spacial score (nSPS) is 12.5. The molecule has 1 aromatic rings. The third-order valence-corrected chi connectivity index (χ3v) is 1.18. The topological polar surface area (TPSA) is 29.5 Å². The van der Waals surface area contributed by atoms with E-state index in [1.807, 2.05) is 0 Å². The fourth-order valence-corrected chi connectivity index (χ4v) is 0.759. The molecule has 0 aliphatic carbocycles. The lowest BCUT2D eigenvalue weighted by atomic mass is 10.3. The van der Waals surface area contributed by atoms with Crippen molar-refractivity contribution in [2.45, 2.75) is 5.69 Å². The summed E-state index contributed by atoms with van der Waals surface area (Å²) in [4.78, 5) is 0. The van der Waals surface area contributed by atoms with Gasteiger partial charge in [0.2, 0.25) is 0 Å². The third-order valence-electron chi connectivity index (χ3n) is 1.07. The largest absolute Gasteiger partial charge is 0.508 e. The molecule has 0 amide bonds. The molecule has 0 bridgehead atoms. The molecule has 0 saturated heterocycles. The van der Waals surface area contributed by atoms with Crippen LogP contribution in [0, 0.1) is 0 Å². The van der Waals surface area contributed by atoms with Crippen LogP contribution in [-0.2, 0) is 0 Å². The van der Waals surface area contributed by atoms with Crippen molar-refractivity contribution < 1.29 is 14.2 Å². The molecule has 1 atom stereocenters. The molecule has 0 aromatic heterocycles. The number of alkyl halides is 1. The Balaban J connectivity index is 2.66. The predicted molar refractivity (Wildman–Crippen MR) is 42.6 cm³/mol. The summed E-state index contributed by atoms with van der Waals surface area (Å²) in [6.07, 6.45) is 0. The standard InChI is InChI=1S/C7H7FO2S/c8-7(11)10-6-3-1-5(9)2-4-6/h1-4,7,9,11H. The molecule has 0 radical (unpaired) electrons. The Morgan fingerprint density at radius 1 is 1.36 bits per heavy atom. The van der Waals surface area contributed by atoms with Crippen LogP contribution in [0.25, 0.3) is 0 Å². The molecule has 0 heterocycles. The summed E-state index contributed by atoms with van der Waals surface area (Å²) in [5.41, 5.74) is -1.63. The van der Waals surface area contributed by atoms with Crippen LogP contribution in [0.2, 0.25) is 0 Å². The van der Waals surface area contributed by atoms with E-state index in [-0.39, 0.29) is 5.75 Å². The maximum absolute atomic E-state index is 12.1. The van der Waals surface area contributed by atoms with E-state index in [4.69, 9.17) is 5.11 Å². The second-order valence-corrected chi connectivity index (χ2v) is 2.31. The van der Waals surface area contributed by atoms with Gasteiger partial charge in [-0.15, -0.1) is 12.6 Å². The van der Waals surface area contributed by atoms with Crippen molar-refractivity contribution in [3.05, 3.63) is 24.3 Å². The van der Waals surface area contributed by atoms with Crippen LogP contribution in [0.1, 0.15) is 0 Å². The lowest BCUT2D eigenvalue weighted by molar-refractivity contribution is 0.156. The predicted octanol–water partition coefficient (Wildman–Crippen LogP) is 1.95. The Labute approximate surface area is 69.0 Å². The summed E-state index contributed by atoms with van der Waals surface area (Å²) in [7, 11) is 0. The van der Waals surface area contributed by atoms with E-state index >= 15 is 0 Å².